The molecule has 0 atom stereocenters. The maximum Gasteiger partial charge on any atom is 0.340 e. The Kier molecular flexibility index (Phi) is 6.01. The average molecular weight is 407 g/mol. The first-order valence-electron chi connectivity index (χ1n) is 9.29. The lowest BCUT2D eigenvalue weighted by molar-refractivity contribution is -0.136. The van der Waals surface area contributed by atoms with Crippen molar-refractivity contribution in [2.75, 3.05) is 18.6 Å². The number of carbonyl (C=O) groups is 3. The van der Waals surface area contributed by atoms with E-state index in [2.05, 4.69) is 0 Å². The number of hydrogen-bond acceptors (Lipinski definition) is 5. The lowest BCUT2D eigenvalue weighted by atomic mass is 10.0. The number of esters is 1. The zero-order valence-corrected chi connectivity index (χ0v) is 16.8. The minimum atomic E-state index is -1.04. The Bertz CT molecular complexity index is 1050. The van der Waals surface area contributed by atoms with Gasteiger partial charge >= 0.3 is 11.9 Å². The highest BCUT2D eigenvalue weighted by molar-refractivity contribution is 6.23. The van der Waals surface area contributed by atoms with Crippen molar-refractivity contribution in [2.45, 2.75) is 13.8 Å². The fourth-order valence-electron chi connectivity index (χ4n) is 3.24. The van der Waals surface area contributed by atoms with Crippen molar-refractivity contribution >= 4 is 29.6 Å². The summed E-state index contributed by atoms with van der Waals surface area (Å²) in [7, 11) is 1.26. The summed E-state index contributed by atoms with van der Waals surface area (Å²) in [6.45, 7) is 4.09. The highest BCUT2D eigenvalue weighted by atomic mass is 16.5. The molecule has 1 heterocycles. The molecular weight excluding hydrogens is 386 g/mol. The van der Waals surface area contributed by atoms with Crippen LogP contribution in [0.25, 0.3) is 6.08 Å². The second kappa shape index (κ2) is 8.65. The van der Waals surface area contributed by atoms with Crippen molar-refractivity contribution in [3.8, 4) is 5.75 Å². The summed E-state index contributed by atoms with van der Waals surface area (Å²) in [5, 5.41) is 9.04. The third-order valence-electron chi connectivity index (χ3n) is 4.66. The molecule has 1 aliphatic rings. The number of benzene rings is 2. The van der Waals surface area contributed by atoms with Crippen LogP contribution in [-0.4, -0.2) is 36.7 Å². The van der Waals surface area contributed by atoms with Crippen molar-refractivity contribution in [2.24, 2.45) is 0 Å². The number of ether oxygens (including phenoxy) is 2. The van der Waals surface area contributed by atoms with E-state index in [-0.39, 0.29) is 22.6 Å². The maximum absolute atomic E-state index is 13.2. The SMILES string of the molecule is CCOc1ccc(N2C(=O)/C(=C\c3ccc(C(=O)O)cc3)C(C(=O)OC)=C2C)cc1. The number of aromatic carboxylic acids is 1. The molecule has 0 radical (unpaired) electrons. The van der Waals surface area contributed by atoms with Crippen LogP contribution in [0, 0.1) is 0 Å². The van der Waals surface area contributed by atoms with Gasteiger partial charge in [-0.3, -0.25) is 9.69 Å². The standard InChI is InChI=1S/C23H21NO6/c1-4-30-18-11-9-17(10-12-18)24-14(2)20(23(28)29-3)19(21(24)25)13-15-5-7-16(8-6-15)22(26)27/h5-13H,4H2,1-3H3,(H,26,27)/b19-13-. The van der Waals surface area contributed by atoms with Crippen LogP contribution in [0.2, 0.25) is 0 Å². The van der Waals surface area contributed by atoms with E-state index in [0.717, 1.165) is 0 Å². The summed E-state index contributed by atoms with van der Waals surface area (Å²) in [4.78, 5) is 38.1. The van der Waals surface area contributed by atoms with Gasteiger partial charge in [-0.05, 0) is 61.9 Å². The van der Waals surface area contributed by atoms with Crippen molar-refractivity contribution in [3.05, 3.63) is 76.5 Å². The molecule has 2 aromatic carbocycles. The third kappa shape index (κ3) is 3.96. The highest BCUT2D eigenvalue weighted by Crippen LogP contribution is 2.36. The predicted octanol–water partition coefficient (Wildman–Crippen LogP) is 3.66. The zero-order valence-electron chi connectivity index (χ0n) is 16.8. The van der Waals surface area contributed by atoms with Gasteiger partial charge in [-0.15, -0.1) is 0 Å². The normalized spacial score (nSPS) is 15.0. The predicted molar refractivity (Wildman–Crippen MR) is 111 cm³/mol. The number of methoxy groups -OCH3 is 1. The van der Waals surface area contributed by atoms with Crippen molar-refractivity contribution < 1.29 is 29.0 Å². The summed E-state index contributed by atoms with van der Waals surface area (Å²) in [6.07, 6.45) is 1.55. The van der Waals surface area contributed by atoms with E-state index >= 15 is 0 Å². The Morgan fingerprint density at radius 2 is 1.70 bits per heavy atom. The fraction of sp³-hybridized carbons (Fsp3) is 0.174. The Morgan fingerprint density at radius 1 is 1.07 bits per heavy atom. The van der Waals surface area contributed by atoms with E-state index in [1.807, 2.05) is 6.92 Å². The average Bonchev–Trinajstić information content (AvgIpc) is 2.98. The molecule has 0 aliphatic carbocycles. The van der Waals surface area contributed by atoms with Crippen molar-refractivity contribution in [3.63, 3.8) is 0 Å². The molecule has 30 heavy (non-hydrogen) atoms. The quantitative estimate of drug-likeness (QED) is 0.580. The number of amides is 1. The Hall–Kier alpha value is -3.87. The first-order valence-corrected chi connectivity index (χ1v) is 9.29. The van der Waals surface area contributed by atoms with Crippen molar-refractivity contribution in [1.29, 1.82) is 0 Å². The van der Waals surface area contributed by atoms with E-state index in [9.17, 15) is 14.4 Å². The molecule has 3 rings (SSSR count). The second-order valence-corrected chi connectivity index (χ2v) is 6.50. The molecule has 1 amide bonds. The summed E-state index contributed by atoms with van der Waals surface area (Å²) in [6, 6.07) is 13.0. The number of carbonyl (C=O) groups excluding carboxylic acids is 2. The summed E-state index contributed by atoms with van der Waals surface area (Å²) >= 11 is 0. The van der Waals surface area contributed by atoms with Gasteiger partial charge in [0.1, 0.15) is 5.75 Å². The van der Waals surface area contributed by atoms with Crippen LogP contribution in [0.15, 0.2) is 65.4 Å². The molecule has 2 aromatic rings. The van der Waals surface area contributed by atoms with Crippen molar-refractivity contribution in [1.82, 2.24) is 0 Å². The number of nitrogens with zero attached hydrogens (tertiary/aromatic N) is 1. The van der Waals surface area contributed by atoms with Gasteiger partial charge < -0.3 is 14.6 Å². The van der Waals surface area contributed by atoms with Crippen LogP contribution in [-0.2, 0) is 14.3 Å². The molecule has 1 N–H and O–H groups in total. The second-order valence-electron chi connectivity index (χ2n) is 6.50. The number of anilines is 1. The Balaban J connectivity index is 2.04. The van der Waals surface area contributed by atoms with Gasteiger partial charge in [-0.2, -0.15) is 0 Å². The summed E-state index contributed by atoms with van der Waals surface area (Å²) in [5.41, 5.74) is 2.10. The van der Waals surface area contributed by atoms with Crippen LogP contribution >= 0.6 is 0 Å². The van der Waals surface area contributed by atoms with Crippen LogP contribution < -0.4 is 9.64 Å². The highest BCUT2D eigenvalue weighted by Gasteiger charge is 2.37. The molecule has 0 bridgehead atoms. The van der Waals surface area contributed by atoms with E-state index in [0.29, 0.717) is 29.3 Å². The van der Waals surface area contributed by atoms with E-state index in [1.165, 1.54) is 24.1 Å². The minimum absolute atomic E-state index is 0.130. The number of carboxylic acid groups (broad SMARTS) is 1. The van der Waals surface area contributed by atoms with E-state index in [4.69, 9.17) is 14.6 Å². The van der Waals surface area contributed by atoms with Crippen LogP contribution in [0.1, 0.15) is 29.8 Å². The van der Waals surface area contributed by atoms with Gasteiger partial charge in [0.2, 0.25) is 0 Å². The fourth-order valence-corrected chi connectivity index (χ4v) is 3.24. The number of hydrogen-bond donors (Lipinski definition) is 1. The molecule has 0 fully saturated rings. The van der Waals surface area contributed by atoms with Gasteiger partial charge in [0.05, 0.1) is 30.4 Å². The first kappa shape index (κ1) is 20.9. The molecule has 0 aromatic heterocycles. The molecule has 0 unspecified atom stereocenters. The minimum Gasteiger partial charge on any atom is -0.494 e. The number of allylic oxidation sites excluding steroid dienone is 1. The maximum atomic E-state index is 13.2. The first-order chi connectivity index (χ1) is 14.4. The largest absolute Gasteiger partial charge is 0.494 e. The van der Waals surface area contributed by atoms with Crippen LogP contribution in [0.3, 0.4) is 0 Å². The van der Waals surface area contributed by atoms with E-state index < -0.39 is 11.9 Å². The molecule has 0 saturated heterocycles. The molecule has 7 heteroatoms. The number of rotatable bonds is 6. The summed E-state index contributed by atoms with van der Waals surface area (Å²) in [5.74, 6) is -1.36. The van der Waals surface area contributed by atoms with Crippen LogP contribution in [0.5, 0.6) is 5.75 Å². The zero-order chi connectivity index (χ0) is 21.8. The summed E-state index contributed by atoms with van der Waals surface area (Å²) < 4.78 is 10.3. The van der Waals surface area contributed by atoms with Gasteiger partial charge in [-0.1, -0.05) is 12.1 Å². The molecule has 0 spiro atoms. The topological polar surface area (TPSA) is 93.1 Å². The molecule has 154 valence electrons. The van der Waals surface area contributed by atoms with Crippen LogP contribution in [0.4, 0.5) is 5.69 Å². The number of carboxylic acids is 1. The molecule has 0 saturated carbocycles. The lowest BCUT2D eigenvalue weighted by Crippen LogP contribution is -2.24. The Morgan fingerprint density at radius 3 is 2.23 bits per heavy atom. The smallest absolute Gasteiger partial charge is 0.340 e. The Labute approximate surface area is 173 Å². The van der Waals surface area contributed by atoms with Gasteiger partial charge in [0.25, 0.3) is 5.91 Å². The monoisotopic (exact) mass is 407 g/mol. The molecular formula is C23H21NO6. The van der Waals surface area contributed by atoms with Gasteiger partial charge in [-0.25, -0.2) is 9.59 Å². The third-order valence-corrected chi connectivity index (χ3v) is 4.66. The molecule has 7 nitrogen and oxygen atoms in total. The van der Waals surface area contributed by atoms with Gasteiger partial charge in [0, 0.05) is 11.4 Å². The van der Waals surface area contributed by atoms with E-state index in [1.54, 1.807) is 49.4 Å². The lowest BCUT2D eigenvalue weighted by Gasteiger charge is -2.18. The molecule has 1 aliphatic heterocycles. The van der Waals surface area contributed by atoms with Gasteiger partial charge in [0.15, 0.2) is 0 Å².